The van der Waals surface area contributed by atoms with Gasteiger partial charge in [-0.2, -0.15) is 0 Å². The van der Waals surface area contributed by atoms with E-state index in [1.165, 1.54) is 90.6 Å². The van der Waals surface area contributed by atoms with Crippen LogP contribution in [0, 0.1) is 0 Å². The number of hydrogen-bond donors (Lipinski definition) is 0. The first kappa shape index (κ1) is 15.3. The highest BCUT2D eigenvalue weighted by Gasteiger charge is 2.10. The molecule has 0 saturated carbocycles. The Bertz CT molecular complexity index is 189. The molecule has 112 valence electrons. The van der Waals surface area contributed by atoms with Crippen LogP contribution >= 0.6 is 0 Å². The van der Waals surface area contributed by atoms with E-state index in [0.717, 1.165) is 13.2 Å². The van der Waals surface area contributed by atoms with Gasteiger partial charge in [-0.25, -0.2) is 0 Å². The van der Waals surface area contributed by atoms with Crippen molar-refractivity contribution in [2.45, 2.75) is 51.4 Å². The Morgan fingerprint density at radius 1 is 0.579 bits per heavy atom. The summed E-state index contributed by atoms with van der Waals surface area (Å²) in [6, 6.07) is 0. The van der Waals surface area contributed by atoms with Crippen LogP contribution < -0.4 is 0 Å². The van der Waals surface area contributed by atoms with Crippen LogP contribution in [-0.2, 0) is 4.74 Å². The molecule has 0 spiro atoms. The summed E-state index contributed by atoms with van der Waals surface area (Å²) in [5, 5.41) is 0. The molecule has 0 N–H and O–H groups in total. The summed E-state index contributed by atoms with van der Waals surface area (Å²) in [4.78, 5) is 5.20. The Labute approximate surface area is 119 Å². The molecule has 2 rings (SSSR count). The molecule has 0 atom stereocenters. The number of nitrogens with zero attached hydrogens (tertiary/aromatic N) is 2. The first-order valence-electron chi connectivity index (χ1n) is 8.47. The SMILES string of the molecule is C1CCN(CCCOCCCN2CCCCC2)CC1. The lowest BCUT2D eigenvalue weighted by atomic mass is 10.1. The highest BCUT2D eigenvalue weighted by atomic mass is 16.5. The molecule has 0 radical (unpaired) electrons. The van der Waals surface area contributed by atoms with Gasteiger partial charge in [-0.15, -0.1) is 0 Å². The van der Waals surface area contributed by atoms with Gasteiger partial charge in [0.15, 0.2) is 0 Å². The van der Waals surface area contributed by atoms with Crippen LogP contribution in [0.4, 0.5) is 0 Å². The van der Waals surface area contributed by atoms with Crippen molar-refractivity contribution in [3.63, 3.8) is 0 Å². The second kappa shape index (κ2) is 9.73. The zero-order valence-corrected chi connectivity index (χ0v) is 12.6. The first-order chi connectivity index (χ1) is 9.45. The molecule has 0 bridgehead atoms. The summed E-state index contributed by atoms with van der Waals surface area (Å²) in [5.74, 6) is 0. The van der Waals surface area contributed by atoms with Gasteiger partial charge in [0.1, 0.15) is 0 Å². The Morgan fingerprint density at radius 3 is 1.42 bits per heavy atom. The Kier molecular flexibility index (Phi) is 7.82. The fourth-order valence-corrected chi connectivity index (χ4v) is 3.25. The van der Waals surface area contributed by atoms with E-state index in [-0.39, 0.29) is 0 Å². The van der Waals surface area contributed by atoms with Crippen LogP contribution in [-0.4, -0.2) is 62.3 Å². The van der Waals surface area contributed by atoms with E-state index in [1.54, 1.807) is 0 Å². The van der Waals surface area contributed by atoms with E-state index < -0.39 is 0 Å². The van der Waals surface area contributed by atoms with Crippen LogP contribution in [0.2, 0.25) is 0 Å². The highest BCUT2D eigenvalue weighted by molar-refractivity contribution is 4.65. The van der Waals surface area contributed by atoms with Crippen molar-refractivity contribution >= 4 is 0 Å². The molecule has 0 aromatic carbocycles. The standard InChI is InChI=1S/C16H32N2O/c1-3-9-17(10-4-1)13-7-15-19-16-8-14-18-11-5-2-6-12-18/h1-16H2. The number of piperidine rings is 2. The summed E-state index contributed by atoms with van der Waals surface area (Å²) >= 11 is 0. The zero-order valence-electron chi connectivity index (χ0n) is 12.6. The van der Waals surface area contributed by atoms with E-state index >= 15 is 0 Å². The minimum absolute atomic E-state index is 0.955. The Balaban J connectivity index is 1.35. The normalized spacial score (nSPS) is 22.7. The smallest absolute Gasteiger partial charge is 0.0478 e. The molecule has 19 heavy (non-hydrogen) atoms. The van der Waals surface area contributed by atoms with Crippen molar-refractivity contribution in [1.82, 2.24) is 9.80 Å². The van der Waals surface area contributed by atoms with E-state index in [0.29, 0.717) is 0 Å². The second-order valence-corrected chi connectivity index (χ2v) is 6.12. The van der Waals surface area contributed by atoms with Gasteiger partial charge in [0.2, 0.25) is 0 Å². The largest absolute Gasteiger partial charge is 0.381 e. The van der Waals surface area contributed by atoms with Gasteiger partial charge >= 0.3 is 0 Å². The fourth-order valence-electron chi connectivity index (χ4n) is 3.25. The second-order valence-electron chi connectivity index (χ2n) is 6.12. The number of likely N-dealkylation sites (tertiary alicyclic amines) is 2. The summed E-state index contributed by atoms with van der Waals surface area (Å²) in [5.41, 5.74) is 0. The monoisotopic (exact) mass is 268 g/mol. The maximum Gasteiger partial charge on any atom is 0.0478 e. The molecule has 2 fully saturated rings. The lowest BCUT2D eigenvalue weighted by Gasteiger charge is -2.26. The lowest BCUT2D eigenvalue weighted by Crippen LogP contribution is -2.31. The quantitative estimate of drug-likeness (QED) is 0.630. The molecule has 2 heterocycles. The van der Waals surface area contributed by atoms with Crippen LogP contribution in [0.15, 0.2) is 0 Å². The van der Waals surface area contributed by atoms with Gasteiger partial charge in [0, 0.05) is 26.3 Å². The molecule has 0 amide bonds. The molecule has 0 aromatic heterocycles. The third-order valence-electron chi connectivity index (χ3n) is 4.42. The van der Waals surface area contributed by atoms with Crippen molar-refractivity contribution in [3.8, 4) is 0 Å². The molecule has 3 heteroatoms. The van der Waals surface area contributed by atoms with E-state index in [4.69, 9.17) is 4.74 Å². The van der Waals surface area contributed by atoms with Gasteiger partial charge < -0.3 is 14.5 Å². The summed E-state index contributed by atoms with van der Waals surface area (Å²) < 4.78 is 5.76. The maximum absolute atomic E-state index is 5.76. The van der Waals surface area contributed by atoms with Gasteiger partial charge in [-0.3, -0.25) is 0 Å². The molecule has 0 unspecified atom stereocenters. The van der Waals surface area contributed by atoms with Gasteiger partial charge in [-0.05, 0) is 64.7 Å². The minimum Gasteiger partial charge on any atom is -0.381 e. The molecular formula is C16H32N2O. The number of hydrogen-bond acceptors (Lipinski definition) is 3. The van der Waals surface area contributed by atoms with Crippen LogP contribution in [0.1, 0.15) is 51.4 Å². The predicted molar refractivity (Wildman–Crippen MR) is 80.6 cm³/mol. The highest BCUT2D eigenvalue weighted by Crippen LogP contribution is 2.09. The van der Waals surface area contributed by atoms with E-state index in [1.807, 2.05) is 0 Å². The fraction of sp³-hybridized carbons (Fsp3) is 1.00. The maximum atomic E-state index is 5.76. The Hall–Kier alpha value is -0.120. The Morgan fingerprint density at radius 2 is 1.00 bits per heavy atom. The van der Waals surface area contributed by atoms with Crippen molar-refractivity contribution in [2.24, 2.45) is 0 Å². The zero-order chi connectivity index (χ0) is 13.2. The van der Waals surface area contributed by atoms with Crippen LogP contribution in [0.25, 0.3) is 0 Å². The van der Waals surface area contributed by atoms with E-state index in [9.17, 15) is 0 Å². The minimum atomic E-state index is 0.955. The molecule has 2 aliphatic heterocycles. The van der Waals surface area contributed by atoms with Gasteiger partial charge in [-0.1, -0.05) is 12.8 Å². The first-order valence-corrected chi connectivity index (χ1v) is 8.47. The predicted octanol–water partition coefficient (Wildman–Crippen LogP) is 2.76. The third-order valence-corrected chi connectivity index (χ3v) is 4.42. The van der Waals surface area contributed by atoms with Crippen LogP contribution in [0.5, 0.6) is 0 Å². The summed E-state index contributed by atoms with van der Waals surface area (Å²) in [7, 11) is 0. The van der Waals surface area contributed by atoms with Gasteiger partial charge in [0.25, 0.3) is 0 Å². The molecule has 0 aliphatic carbocycles. The van der Waals surface area contributed by atoms with Crippen molar-refractivity contribution in [1.29, 1.82) is 0 Å². The summed E-state index contributed by atoms with van der Waals surface area (Å²) in [6.45, 7) is 9.65. The van der Waals surface area contributed by atoms with Crippen LogP contribution in [0.3, 0.4) is 0 Å². The van der Waals surface area contributed by atoms with E-state index in [2.05, 4.69) is 9.80 Å². The molecule has 2 aliphatic rings. The average molecular weight is 268 g/mol. The molecular weight excluding hydrogens is 236 g/mol. The number of rotatable bonds is 8. The molecule has 3 nitrogen and oxygen atoms in total. The van der Waals surface area contributed by atoms with Gasteiger partial charge in [0.05, 0.1) is 0 Å². The molecule has 0 aromatic rings. The lowest BCUT2D eigenvalue weighted by molar-refractivity contribution is 0.104. The van der Waals surface area contributed by atoms with Crippen molar-refractivity contribution in [3.05, 3.63) is 0 Å². The average Bonchev–Trinajstić information content (AvgIpc) is 2.48. The third kappa shape index (κ3) is 6.73. The number of ether oxygens (including phenoxy) is 1. The van der Waals surface area contributed by atoms with Crippen molar-refractivity contribution in [2.75, 3.05) is 52.5 Å². The topological polar surface area (TPSA) is 15.7 Å². The molecule has 2 saturated heterocycles. The van der Waals surface area contributed by atoms with Crippen molar-refractivity contribution < 1.29 is 4.74 Å². The summed E-state index contributed by atoms with van der Waals surface area (Å²) in [6.07, 6.45) is 10.9.